The number of carboxylic acid groups (broad SMARTS) is 1. The van der Waals surface area contributed by atoms with Crippen LogP contribution in [0.15, 0.2) is 79.4 Å². The molecule has 1 N–H and O–H groups in total. The Morgan fingerprint density at radius 2 is 1.81 bits per heavy atom. The van der Waals surface area contributed by atoms with Crippen LogP contribution in [-0.4, -0.2) is 98.7 Å². The quantitative estimate of drug-likeness (QED) is 0.0821. The molecule has 0 unspecified atom stereocenters. The van der Waals surface area contributed by atoms with Gasteiger partial charge in [-0.15, -0.1) is 11.8 Å². The highest BCUT2D eigenvalue weighted by Gasteiger charge is 2.47. The van der Waals surface area contributed by atoms with Crippen LogP contribution in [0.2, 0.25) is 0 Å². The minimum absolute atomic E-state index is 0.0169. The zero-order valence-corrected chi connectivity index (χ0v) is 32.5. The van der Waals surface area contributed by atoms with Crippen LogP contribution in [0.1, 0.15) is 42.9 Å². The molecule has 2 atom stereocenters. The lowest BCUT2D eigenvalue weighted by Crippen LogP contribution is -2.47. The molecular weight excluding hydrogens is 800 g/mol. The van der Waals surface area contributed by atoms with Gasteiger partial charge < -0.3 is 33.7 Å². The van der Waals surface area contributed by atoms with Gasteiger partial charge in [-0.2, -0.15) is 10.4 Å². The monoisotopic (exact) mass is 839 g/mol. The number of esters is 1. The molecule has 1 aromatic heterocycles. The Hall–Kier alpha value is -5.97. The first-order chi connectivity index (χ1) is 28.3. The summed E-state index contributed by atoms with van der Waals surface area (Å²) in [5, 5.41) is 20.8. The van der Waals surface area contributed by atoms with E-state index >= 15 is 4.39 Å². The summed E-state index contributed by atoms with van der Waals surface area (Å²) in [5.41, 5.74) is -1.67. The summed E-state index contributed by atoms with van der Waals surface area (Å²) in [6.07, 6.45) is 9.61. The van der Waals surface area contributed by atoms with Crippen molar-refractivity contribution in [3.05, 3.63) is 114 Å². The second-order valence-corrected chi connectivity index (χ2v) is 15.1. The Labute approximate surface area is 341 Å². The second kappa shape index (κ2) is 21.2. The van der Waals surface area contributed by atoms with Gasteiger partial charge in [0, 0.05) is 54.1 Å². The van der Waals surface area contributed by atoms with E-state index in [1.807, 2.05) is 6.07 Å². The second-order valence-electron chi connectivity index (χ2n) is 13.4. The maximum atomic E-state index is 15.7. The Morgan fingerprint density at radius 3 is 2.47 bits per heavy atom. The molecule has 0 bridgehead atoms. The zero-order valence-electron chi connectivity index (χ0n) is 31.7. The molecule has 2 aromatic carbocycles. The molecule has 19 heteroatoms. The molecule has 3 heterocycles. The summed E-state index contributed by atoms with van der Waals surface area (Å²) in [5.74, 6) is -4.90. The minimum Gasteiger partial charge on any atom is -0.481 e. The number of nitriles is 1. The number of likely N-dealkylation sites (tertiary alicyclic amines) is 1. The van der Waals surface area contributed by atoms with Gasteiger partial charge in [-0.1, -0.05) is 24.3 Å². The summed E-state index contributed by atoms with van der Waals surface area (Å²) in [7, 11) is 0. The number of hydrogen-bond donors (Lipinski definition) is 1. The SMILES string of the molecule is C[C@@H](SC1COC(/C=C/C=C/c2ccc(C#N)cc2F)OC1)[C@@](Cn1cncn1)(OC(=O)OCOC(=O)/C=C/C(=O)N1CCC(CC(=O)O)CC1)c1ccc(F)cc1F. The number of aromatic nitrogens is 3. The Kier molecular flexibility index (Phi) is 15.8. The third-order valence-electron chi connectivity index (χ3n) is 9.38. The average molecular weight is 840 g/mol. The number of carbonyl (C=O) groups excluding carboxylic acids is 3. The first kappa shape index (κ1) is 44.1. The van der Waals surface area contributed by atoms with E-state index in [4.69, 9.17) is 34.1 Å². The normalized spacial score (nSPS) is 19.0. The van der Waals surface area contributed by atoms with E-state index < -0.39 is 65.4 Å². The van der Waals surface area contributed by atoms with Crippen molar-refractivity contribution >= 4 is 41.8 Å². The predicted octanol–water partition coefficient (Wildman–Crippen LogP) is 5.52. The summed E-state index contributed by atoms with van der Waals surface area (Å²) >= 11 is 1.22. The lowest BCUT2D eigenvalue weighted by atomic mass is 9.89. The topological polar surface area (TPSA) is 192 Å². The largest absolute Gasteiger partial charge is 0.512 e. The number of ether oxygens (including phenoxy) is 5. The van der Waals surface area contributed by atoms with Crippen molar-refractivity contribution in [3.8, 4) is 6.07 Å². The van der Waals surface area contributed by atoms with Crippen molar-refractivity contribution in [2.24, 2.45) is 5.92 Å². The Bertz CT molecular complexity index is 2080. The van der Waals surface area contributed by atoms with Crippen molar-refractivity contribution < 1.29 is 61.1 Å². The molecule has 0 aliphatic carbocycles. The molecule has 312 valence electrons. The van der Waals surface area contributed by atoms with Crippen LogP contribution in [0.3, 0.4) is 0 Å². The fourth-order valence-corrected chi connectivity index (χ4v) is 7.70. The van der Waals surface area contributed by atoms with E-state index in [1.54, 1.807) is 25.2 Å². The van der Waals surface area contributed by atoms with Gasteiger partial charge in [-0.05, 0) is 56.0 Å². The molecule has 0 radical (unpaired) electrons. The van der Waals surface area contributed by atoms with Crippen LogP contribution < -0.4 is 0 Å². The first-order valence-corrected chi connectivity index (χ1v) is 19.2. The van der Waals surface area contributed by atoms with Gasteiger partial charge in [-0.3, -0.25) is 9.59 Å². The van der Waals surface area contributed by atoms with Crippen molar-refractivity contribution in [1.82, 2.24) is 19.7 Å². The van der Waals surface area contributed by atoms with E-state index in [-0.39, 0.29) is 54.0 Å². The van der Waals surface area contributed by atoms with Crippen LogP contribution in [-0.2, 0) is 50.2 Å². The molecule has 59 heavy (non-hydrogen) atoms. The standard InChI is InChI=1S/C40H40F3N5O10S/c1-26(59-31-20-54-38(55-21-31)5-3-2-4-29-7-6-28(19-44)16-33(29)42)40(22-48-24-45-23-46-48,32-9-8-30(41)18-34(32)43)58-39(53)57-25-56-37(52)11-10-35(49)47-14-12-27(13-15-47)17-36(50)51/h2-11,16,18,23-24,26-27,31,38H,12-15,17,20-22,25H2,1H3,(H,50,51)/b4-2+,5-3+,11-10+/t26-,31?,38?,40-/m1/s1. The molecule has 2 fully saturated rings. The van der Waals surface area contributed by atoms with E-state index in [0.29, 0.717) is 32.0 Å². The molecule has 1 amide bonds. The highest BCUT2D eigenvalue weighted by atomic mass is 32.2. The van der Waals surface area contributed by atoms with Crippen molar-refractivity contribution in [3.63, 3.8) is 0 Å². The first-order valence-electron chi connectivity index (χ1n) is 18.3. The molecule has 5 rings (SSSR count). The fraction of sp³-hybridized carbons (Fsp3) is 0.375. The van der Waals surface area contributed by atoms with Crippen molar-refractivity contribution in [2.75, 3.05) is 33.1 Å². The van der Waals surface area contributed by atoms with Crippen molar-refractivity contribution in [2.45, 2.75) is 55.1 Å². The molecule has 2 saturated heterocycles. The number of piperidine rings is 1. The number of carbonyl (C=O) groups is 4. The van der Waals surface area contributed by atoms with Gasteiger partial charge in [0.2, 0.25) is 12.7 Å². The number of benzene rings is 2. The fourth-order valence-electron chi connectivity index (χ4n) is 6.34. The number of hydrogen-bond acceptors (Lipinski definition) is 13. The van der Waals surface area contributed by atoms with Crippen LogP contribution >= 0.6 is 11.8 Å². The van der Waals surface area contributed by atoms with Gasteiger partial charge >= 0.3 is 18.1 Å². The third-order valence-corrected chi connectivity index (χ3v) is 10.8. The molecule has 3 aromatic rings. The summed E-state index contributed by atoms with van der Waals surface area (Å²) in [6, 6.07) is 8.77. The highest BCUT2D eigenvalue weighted by molar-refractivity contribution is 8.00. The molecule has 0 spiro atoms. The Balaban J connectivity index is 1.21. The predicted molar refractivity (Wildman–Crippen MR) is 203 cm³/mol. The number of amides is 1. The van der Waals surface area contributed by atoms with Crippen LogP contribution in [0, 0.1) is 34.7 Å². The van der Waals surface area contributed by atoms with Gasteiger partial charge in [0.15, 0.2) is 11.9 Å². The van der Waals surface area contributed by atoms with Crippen LogP contribution in [0.5, 0.6) is 0 Å². The number of thioether (sulfide) groups is 1. The van der Waals surface area contributed by atoms with Gasteiger partial charge in [-0.25, -0.2) is 32.4 Å². The zero-order chi connectivity index (χ0) is 42.4. The van der Waals surface area contributed by atoms with E-state index in [9.17, 15) is 28.0 Å². The average Bonchev–Trinajstić information content (AvgIpc) is 3.72. The third kappa shape index (κ3) is 12.8. The van der Waals surface area contributed by atoms with Crippen molar-refractivity contribution in [1.29, 1.82) is 5.26 Å². The number of carboxylic acids is 1. The van der Waals surface area contributed by atoms with Gasteiger partial charge in [0.25, 0.3) is 0 Å². The van der Waals surface area contributed by atoms with Gasteiger partial charge in [0.05, 0.1) is 36.6 Å². The van der Waals surface area contributed by atoms with E-state index in [0.717, 1.165) is 30.4 Å². The highest BCUT2D eigenvalue weighted by Crippen LogP contribution is 2.42. The van der Waals surface area contributed by atoms with E-state index in [1.165, 1.54) is 52.2 Å². The number of rotatable bonds is 16. The number of allylic oxidation sites excluding steroid dienone is 2. The molecular formula is C40H40F3N5O10S. The lowest BCUT2D eigenvalue weighted by molar-refractivity contribution is -0.150. The smallest absolute Gasteiger partial charge is 0.481 e. The van der Waals surface area contributed by atoms with Crippen LogP contribution in [0.25, 0.3) is 6.08 Å². The van der Waals surface area contributed by atoms with E-state index in [2.05, 4.69) is 10.1 Å². The number of nitrogens with zero attached hydrogens (tertiary/aromatic N) is 5. The number of halogens is 3. The summed E-state index contributed by atoms with van der Waals surface area (Å²) in [4.78, 5) is 54.5. The Morgan fingerprint density at radius 1 is 1.05 bits per heavy atom. The maximum absolute atomic E-state index is 15.7. The molecule has 2 aliphatic rings. The molecule has 2 aliphatic heterocycles. The van der Waals surface area contributed by atoms with Crippen LogP contribution in [0.4, 0.5) is 18.0 Å². The minimum atomic E-state index is -1.94. The number of aliphatic carboxylic acids is 1. The summed E-state index contributed by atoms with van der Waals surface area (Å²) in [6.45, 7) is 1.33. The van der Waals surface area contributed by atoms with Gasteiger partial charge in [0.1, 0.15) is 30.1 Å². The summed E-state index contributed by atoms with van der Waals surface area (Å²) < 4.78 is 72.9. The maximum Gasteiger partial charge on any atom is 0.512 e. The molecule has 0 saturated carbocycles. The molecule has 15 nitrogen and oxygen atoms in total. The lowest BCUT2D eigenvalue weighted by Gasteiger charge is -2.40.